The highest BCUT2D eigenvalue weighted by atomic mass is 16.5. The van der Waals surface area contributed by atoms with Crippen LogP contribution >= 0.6 is 0 Å². The molecule has 0 radical (unpaired) electrons. The van der Waals surface area contributed by atoms with Crippen LogP contribution in [-0.4, -0.2) is 35.2 Å². The summed E-state index contributed by atoms with van der Waals surface area (Å²) in [5.41, 5.74) is 1.17. The van der Waals surface area contributed by atoms with Gasteiger partial charge in [0.1, 0.15) is 0 Å². The number of rotatable bonds is 6. The zero-order valence-electron chi connectivity index (χ0n) is 7.94. The van der Waals surface area contributed by atoms with Crippen molar-refractivity contribution in [2.45, 2.75) is 19.4 Å². The third kappa shape index (κ3) is 3.57. The molecule has 1 heterocycles. The lowest BCUT2D eigenvalue weighted by Gasteiger charge is -1.98. The molecule has 4 heteroatoms. The normalized spacial score (nSPS) is 10.6. The Hall–Kier alpha value is -0.870. The molecule has 1 aromatic heterocycles. The fraction of sp³-hybridized carbons (Fsp3) is 0.667. The molecule has 13 heavy (non-hydrogen) atoms. The molecule has 0 aliphatic heterocycles. The van der Waals surface area contributed by atoms with Gasteiger partial charge in [-0.1, -0.05) is 0 Å². The number of nitrogens with zero attached hydrogens (tertiary/aromatic N) is 2. The summed E-state index contributed by atoms with van der Waals surface area (Å²) in [5.74, 6) is 0. The van der Waals surface area contributed by atoms with Crippen molar-refractivity contribution < 1.29 is 9.84 Å². The number of aryl methyl sites for hydroxylation is 1. The molecule has 74 valence electrons. The predicted molar refractivity (Wildman–Crippen MR) is 49.5 cm³/mol. The summed E-state index contributed by atoms with van der Waals surface area (Å²) < 4.78 is 6.79. The van der Waals surface area contributed by atoms with Gasteiger partial charge in [-0.25, -0.2) is 0 Å². The van der Waals surface area contributed by atoms with Gasteiger partial charge in [-0.05, 0) is 18.4 Å². The van der Waals surface area contributed by atoms with Gasteiger partial charge in [0.15, 0.2) is 0 Å². The van der Waals surface area contributed by atoms with E-state index in [0.717, 1.165) is 19.4 Å². The molecule has 0 amide bonds. The first-order valence-electron chi connectivity index (χ1n) is 4.48. The molecule has 0 aliphatic carbocycles. The van der Waals surface area contributed by atoms with Crippen LogP contribution in [-0.2, 0) is 17.7 Å². The number of methoxy groups -OCH3 is 1. The Balaban J connectivity index is 2.34. The van der Waals surface area contributed by atoms with Crippen molar-refractivity contribution in [1.82, 2.24) is 9.78 Å². The minimum absolute atomic E-state index is 0.239. The largest absolute Gasteiger partial charge is 0.396 e. The monoisotopic (exact) mass is 184 g/mol. The molecule has 0 unspecified atom stereocenters. The quantitative estimate of drug-likeness (QED) is 0.698. The first kappa shape index (κ1) is 10.2. The molecule has 1 N–H and O–H groups in total. The Morgan fingerprint density at radius 3 is 3.15 bits per heavy atom. The molecule has 0 saturated carbocycles. The van der Waals surface area contributed by atoms with E-state index in [1.54, 1.807) is 7.11 Å². The molecule has 0 fully saturated rings. The van der Waals surface area contributed by atoms with Gasteiger partial charge in [0.25, 0.3) is 0 Å². The number of hydrogen-bond acceptors (Lipinski definition) is 3. The van der Waals surface area contributed by atoms with Crippen LogP contribution < -0.4 is 0 Å². The first-order valence-corrected chi connectivity index (χ1v) is 4.48. The van der Waals surface area contributed by atoms with Gasteiger partial charge in [0, 0.05) is 19.9 Å². The Morgan fingerprint density at radius 2 is 2.46 bits per heavy atom. The third-order valence-electron chi connectivity index (χ3n) is 1.83. The van der Waals surface area contributed by atoms with Gasteiger partial charge in [-0.15, -0.1) is 0 Å². The van der Waals surface area contributed by atoms with E-state index in [4.69, 9.17) is 9.84 Å². The van der Waals surface area contributed by atoms with E-state index in [0.29, 0.717) is 6.61 Å². The summed E-state index contributed by atoms with van der Waals surface area (Å²) in [6.45, 7) is 1.71. The number of aliphatic hydroxyl groups is 1. The Kier molecular flexibility index (Phi) is 4.49. The van der Waals surface area contributed by atoms with Gasteiger partial charge in [0.05, 0.1) is 19.3 Å². The maximum absolute atomic E-state index is 8.63. The van der Waals surface area contributed by atoms with Crippen molar-refractivity contribution in [3.63, 3.8) is 0 Å². The average molecular weight is 184 g/mol. The molecule has 1 rings (SSSR count). The number of ether oxygens (including phenoxy) is 1. The van der Waals surface area contributed by atoms with Crippen molar-refractivity contribution >= 4 is 0 Å². The standard InChI is InChI=1S/C9H16N2O2/c1-13-6-4-11-8-9(7-10-11)3-2-5-12/h7-8,12H,2-6H2,1H3. The SMILES string of the molecule is COCCn1cc(CCCO)cn1. The highest BCUT2D eigenvalue weighted by molar-refractivity contribution is 5.03. The second kappa shape index (κ2) is 5.72. The molecule has 0 spiro atoms. The summed E-state index contributed by atoms with van der Waals surface area (Å²) in [6, 6.07) is 0. The molecule has 1 aromatic rings. The lowest BCUT2D eigenvalue weighted by Crippen LogP contribution is -2.03. The smallest absolute Gasteiger partial charge is 0.0658 e. The van der Waals surface area contributed by atoms with Gasteiger partial charge in [0.2, 0.25) is 0 Å². The summed E-state index contributed by atoms with van der Waals surface area (Å²) in [5, 5.41) is 12.8. The van der Waals surface area contributed by atoms with Gasteiger partial charge >= 0.3 is 0 Å². The van der Waals surface area contributed by atoms with E-state index >= 15 is 0 Å². The van der Waals surface area contributed by atoms with E-state index in [1.807, 2.05) is 17.1 Å². The van der Waals surface area contributed by atoms with E-state index in [9.17, 15) is 0 Å². The van der Waals surface area contributed by atoms with Gasteiger partial charge in [-0.2, -0.15) is 5.10 Å². The van der Waals surface area contributed by atoms with Crippen LogP contribution in [0.15, 0.2) is 12.4 Å². The lowest BCUT2D eigenvalue weighted by atomic mass is 10.2. The van der Waals surface area contributed by atoms with Crippen LogP contribution in [0, 0.1) is 0 Å². The Morgan fingerprint density at radius 1 is 1.62 bits per heavy atom. The summed E-state index contributed by atoms with van der Waals surface area (Å²) >= 11 is 0. The molecule has 0 aliphatic rings. The van der Waals surface area contributed by atoms with Gasteiger partial charge < -0.3 is 9.84 Å². The molecular weight excluding hydrogens is 168 g/mol. The maximum Gasteiger partial charge on any atom is 0.0658 e. The fourth-order valence-electron chi connectivity index (χ4n) is 1.13. The van der Waals surface area contributed by atoms with E-state index in [-0.39, 0.29) is 6.61 Å². The van der Waals surface area contributed by atoms with Crippen molar-refractivity contribution in [2.75, 3.05) is 20.3 Å². The van der Waals surface area contributed by atoms with Crippen LogP contribution in [0.25, 0.3) is 0 Å². The second-order valence-corrected chi connectivity index (χ2v) is 2.93. The molecule has 0 saturated heterocycles. The summed E-state index contributed by atoms with van der Waals surface area (Å²) in [7, 11) is 1.68. The van der Waals surface area contributed by atoms with Crippen molar-refractivity contribution in [3.8, 4) is 0 Å². The first-order chi connectivity index (χ1) is 6.36. The molecular formula is C9H16N2O2. The van der Waals surface area contributed by atoms with Crippen molar-refractivity contribution in [3.05, 3.63) is 18.0 Å². The lowest BCUT2D eigenvalue weighted by molar-refractivity contribution is 0.183. The molecule has 0 atom stereocenters. The van der Waals surface area contributed by atoms with Crippen LogP contribution in [0.4, 0.5) is 0 Å². The zero-order chi connectivity index (χ0) is 9.52. The van der Waals surface area contributed by atoms with E-state index in [1.165, 1.54) is 5.56 Å². The second-order valence-electron chi connectivity index (χ2n) is 2.93. The highest BCUT2D eigenvalue weighted by Crippen LogP contribution is 2.01. The third-order valence-corrected chi connectivity index (χ3v) is 1.83. The minimum Gasteiger partial charge on any atom is -0.396 e. The van der Waals surface area contributed by atoms with Crippen molar-refractivity contribution in [1.29, 1.82) is 0 Å². The number of hydrogen-bond donors (Lipinski definition) is 1. The Bertz CT molecular complexity index is 213. The minimum atomic E-state index is 0.239. The van der Waals surface area contributed by atoms with Crippen LogP contribution in [0.3, 0.4) is 0 Å². The molecule has 0 bridgehead atoms. The summed E-state index contributed by atoms with van der Waals surface area (Å²) in [6.07, 6.45) is 5.53. The number of aromatic nitrogens is 2. The number of aliphatic hydroxyl groups excluding tert-OH is 1. The maximum atomic E-state index is 8.63. The van der Waals surface area contributed by atoms with Crippen molar-refractivity contribution in [2.24, 2.45) is 0 Å². The molecule has 4 nitrogen and oxygen atoms in total. The Labute approximate surface area is 78.1 Å². The van der Waals surface area contributed by atoms with E-state index in [2.05, 4.69) is 5.10 Å². The van der Waals surface area contributed by atoms with E-state index < -0.39 is 0 Å². The van der Waals surface area contributed by atoms with Gasteiger partial charge in [-0.3, -0.25) is 4.68 Å². The van der Waals surface area contributed by atoms with Crippen LogP contribution in [0.1, 0.15) is 12.0 Å². The predicted octanol–water partition coefficient (Wildman–Crippen LogP) is 0.454. The molecule has 0 aromatic carbocycles. The topological polar surface area (TPSA) is 47.3 Å². The van der Waals surface area contributed by atoms with Crippen LogP contribution in [0.5, 0.6) is 0 Å². The summed E-state index contributed by atoms with van der Waals surface area (Å²) in [4.78, 5) is 0. The highest BCUT2D eigenvalue weighted by Gasteiger charge is 1.97. The zero-order valence-corrected chi connectivity index (χ0v) is 7.94. The average Bonchev–Trinajstić information content (AvgIpc) is 2.59. The van der Waals surface area contributed by atoms with Crippen LogP contribution in [0.2, 0.25) is 0 Å². The fourth-order valence-corrected chi connectivity index (χ4v) is 1.13.